The molecule has 10 heteroatoms. The van der Waals surface area contributed by atoms with E-state index >= 15 is 0 Å². The lowest BCUT2D eigenvalue weighted by molar-refractivity contribution is -0.140. The van der Waals surface area contributed by atoms with E-state index in [2.05, 4.69) is 5.32 Å². The van der Waals surface area contributed by atoms with Crippen LogP contribution in [0.3, 0.4) is 0 Å². The number of hydrogen-bond acceptors (Lipinski definition) is 6. The van der Waals surface area contributed by atoms with Crippen molar-refractivity contribution < 1.29 is 27.5 Å². The number of anilines is 1. The van der Waals surface area contributed by atoms with Gasteiger partial charge < -0.3 is 19.7 Å². The second kappa shape index (κ2) is 15.9. The molecule has 1 N–H and O–H groups in total. The van der Waals surface area contributed by atoms with Gasteiger partial charge in [0.15, 0.2) is 0 Å². The van der Waals surface area contributed by atoms with Gasteiger partial charge in [0.1, 0.15) is 24.1 Å². The summed E-state index contributed by atoms with van der Waals surface area (Å²) < 4.78 is 40.4. The molecule has 0 saturated heterocycles. The van der Waals surface area contributed by atoms with Gasteiger partial charge in [-0.3, -0.25) is 13.9 Å². The Morgan fingerprint density at radius 3 is 2.07 bits per heavy atom. The Morgan fingerprint density at radius 2 is 1.41 bits per heavy atom. The van der Waals surface area contributed by atoms with Gasteiger partial charge in [0, 0.05) is 19.5 Å². The minimum atomic E-state index is -4.24. The standard InChI is InChI=1S/C36H41N3O6S/c1-27(2)24-37-36(41)33(23-28-14-7-5-8-15-28)38(25-29-16-13-17-30(22-29)44-3)35(40)26-39(32-20-11-12-21-34(32)45-4)46(42,43)31-18-9-6-10-19-31/h5-22,27,33H,23-26H2,1-4H3,(H,37,41). The highest BCUT2D eigenvalue weighted by Gasteiger charge is 2.35. The van der Waals surface area contributed by atoms with E-state index < -0.39 is 28.5 Å². The highest BCUT2D eigenvalue weighted by molar-refractivity contribution is 7.92. The largest absolute Gasteiger partial charge is 0.497 e. The number of hydrogen-bond donors (Lipinski definition) is 1. The maximum Gasteiger partial charge on any atom is 0.264 e. The molecule has 242 valence electrons. The first-order chi connectivity index (χ1) is 22.1. The molecule has 9 nitrogen and oxygen atoms in total. The molecule has 46 heavy (non-hydrogen) atoms. The van der Waals surface area contributed by atoms with Crippen molar-refractivity contribution in [2.24, 2.45) is 5.92 Å². The van der Waals surface area contributed by atoms with E-state index in [4.69, 9.17) is 9.47 Å². The van der Waals surface area contributed by atoms with E-state index in [9.17, 15) is 18.0 Å². The Balaban J connectivity index is 1.83. The number of para-hydroxylation sites is 2. The summed E-state index contributed by atoms with van der Waals surface area (Å²) in [5.41, 5.74) is 1.78. The van der Waals surface area contributed by atoms with E-state index in [-0.39, 0.29) is 41.1 Å². The number of sulfonamides is 1. The Labute approximate surface area is 271 Å². The molecule has 1 atom stereocenters. The fourth-order valence-electron chi connectivity index (χ4n) is 5.01. The number of methoxy groups -OCH3 is 2. The van der Waals surface area contributed by atoms with Crippen LogP contribution in [0.15, 0.2) is 114 Å². The van der Waals surface area contributed by atoms with Gasteiger partial charge >= 0.3 is 0 Å². The molecule has 2 amide bonds. The van der Waals surface area contributed by atoms with Crippen molar-refractivity contribution in [3.63, 3.8) is 0 Å². The summed E-state index contributed by atoms with van der Waals surface area (Å²) in [7, 11) is -1.24. The molecule has 0 fully saturated rings. The molecule has 0 spiro atoms. The summed E-state index contributed by atoms with van der Waals surface area (Å²) in [6.45, 7) is 3.86. The number of nitrogens with one attached hydrogen (secondary N) is 1. The van der Waals surface area contributed by atoms with Crippen LogP contribution in [0.2, 0.25) is 0 Å². The second-order valence-electron chi connectivity index (χ2n) is 11.2. The van der Waals surface area contributed by atoms with Crippen LogP contribution in [0.1, 0.15) is 25.0 Å². The number of benzene rings is 4. The number of nitrogens with zero attached hydrogens (tertiary/aromatic N) is 2. The molecular formula is C36H41N3O6S. The normalized spacial score (nSPS) is 11.8. The number of rotatable bonds is 15. The highest BCUT2D eigenvalue weighted by Crippen LogP contribution is 2.32. The van der Waals surface area contributed by atoms with E-state index in [0.717, 1.165) is 15.4 Å². The van der Waals surface area contributed by atoms with Crippen LogP contribution in [0.25, 0.3) is 0 Å². The van der Waals surface area contributed by atoms with Gasteiger partial charge in [-0.25, -0.2) is 8.42 Å². The fraction of sp³-hybridized carbons (Fsp3) is 0.278. The van der Waals surface area contributed by atoms with Gasteiger partial charge in [0.2, 0.25) is 11.8 Å². The first-order valence-electron chi connectivity index (χ1n) is 15.1. The Hall–Kier alpha value is -4.83. The quantitative estimate of drug-likeness (QED) is 0.188. The van der Waals surface area contributed by atoms with Gasteiger partial charge in [-0.1, -0.05) is 86.6 Å². The Bertz CT molecular complexity index is 1700. The van der Waals surface area contributed by atoms with Crippen LogP contribution < -0.4 is 19.1 Å². The van der Waals surface area contributed by atoms with Gasteiger partial charge in [-0.05, 0) is 53.4 Å². The monoisotopic (exact) mass is 643 g/mol. The van der Waals surface area contributed by atoms with Crippen LogP contribution in [0, 0.1) is 5.92 Å². The predicted molar refractivity (Wildman–Crippen MR) is 179 cm³/mol. The van der Waals surface area contributed by atoms with E-state index in [1.54, 1.807) is 61.7 Å². The topological polar surface area (TPSA) is 105 Å². The van der Waals surface area contributed by atoms with E-state index in [1.165, 1.54) is 24.1 Å². The summed E-state index contributed by atoms with van der Waals surface area (Å²) in [6, 6.07) is 30.3. The molecule has 4 aromatic rings. The molecule has 0 saturated carbocycles. The molecule has 0 radical (unpaired) electrons. The average molecular weight is 644 g/mol. The molecule has 1 unspecified atom stereocenters. The first kappa shape index (κ1) is 34.1. The van der Waals surface area contributed by atoms with Crippen molar-refractivity contribution >= 4 is 27.5 Å². The van der Waals surface area contributed by atoms with E-state index in [1.807, 2.05) is 56.3 Å². The SMILES string of the molecule is COc1cccc(CN(C(=O)CN(c2ccccc2OC)S(=O)(=O)c2ccccc2)C(Cc2ccccc2)C(=O)NCC(C)C)c1. The van der Waals surface area contributed by atoms with Gasteiger partial charge in [0.05, 0.1) is 24.8 Å². The maximum atomic E-state index is 14.6. The molecule has 0 aromatic heterocycles. The molecule has 0 aliphatic heterocycles. The molecule has 0 aliphatic rings. The summed E-state index contributed by atoms with van der Waals surface area (Å²) in [5, 5.41) is 3.00. The third-order valence-electron chi connectivity index (χ3n) is 7.41. The van der Waals surface area contributed by atoms with E-state index in [0.29, 0.717) is 12.3 Å². The van der Waals surface area contributed by atoms with Gasteiger partial charge in [-0.15, -0.1) is 0 Å². The highest BCUT2D eigenvalue weighted by atomic mass is 32.2. The fourth-order valence-corrected chi connectivity index (χ4v) is 6.46. The predicted octanol–water partition coefficient (Wildman–Crippen LogP) is 5.31. The van der Waals surface area contributed by atoms with Crippen LogP contribution in [0.4, 0.5) is 5.69 Å². The van der Waals surface area contributed by atoms with Crippen LogP contribution >= 0.6 is 0 Å². The summed E-state index contributed by atoms with van der Waals surface area (Å²) in [4.78, 5) is 30.0. The zero-order chi connectivity index (χ0) is 33.1. The van der Waals surface area contributed by atoms with Crippen molar-refractivity contribution in [3.8, 4) is 11.5 Å². The summed E-state index contributed by atoms with van der Waals surface area (Å²) in [6.07, 6.45) is 0.223. The van der Waals surface area contributed by atoms with Gasteiger partial charge in [0.25, 0.3) is 10.0 Å². The number of ether oxygens (including phenoxy) is 2. The molecule has 0 heterocycles. The van der Waals surface area contributed by atoms with Crippen molar-refractivity contribution in [1.29, 1.82) is 0 Å². The number of carbonyl (C=O) groups excluding carboxylic acids is 2. The van der Waals surface area contributed by atoms with Crippen LogP contribution in [0.5, 0.6) is 11.5 Å². The first-order valence-corrected chi connectivity index (χ1v) is 16.5. The maximum absolute atomic E-state index is 14.6. The van der Waals surface area contributed by atoms with Crippen molar-refractivity contribution in [1.82, 2.24) is 10.2 Å². The van der Waals surface area contributed by atoms with Gasteiger partial charge in [-0.2, -0.15) is 0 Å². The molecule has 0 aliphatic carbocycles. The minimum absolute atomic E-state index is 0.0172. The summed E-state index contributed by atoms with van der Waals surface area (Å²) >= 11 is 0. The Kier molecular flexibility index (Phi) is 11.8. The third kappa shape index (κ3) is 8.66. The zero-order valence-corrected chi connectivity index (χ0v) is 27.4. The average Bonchev–Trinajstić information content (AvgIpc) is 3.08. The lowest BCUT2D eigenvalue weighted by atomic mass is 10.0. The second-order valence-corrected chi connectivity index (χ2v) is 13.1. The van der Waals surface area contributed by atoms with Crippen LogP contribution in [-0.4, -0.2) is 58.5 Å². The Morgan fingerprint density at radius 1 is 0.783 bits per heavy atom. The summed E-state index contributed by atoms with van der Waals surface area (Å²) in [5.74, 6) is 0.166. The molecule has 0 bridgehead atoms. The molecule has 4 rings (SSSR count). The van der Waals surface area contributed by atoms with Crippen molar-refractivity contribution in [2.45, 2.75) is 37.8 Å². The molecular weight excluding hydrogens is 602 g/mol. The lowest BCUT2D eigenvalue weighted by Crippen LogP contribution is -2.53. The third-order valence-corrected chi connectivity index (χ3v) is 9.18. The minimum Gasteiger partial charge on any atom is -0.497 e. The number of carbonyl (C=O) groups is 2. The smallest absolute Gasteiger partial charge is 0.264 e. The van der Waals surface area contributed by atoms with Crippen molar-refractivity contribution in [3.05, 3.63) is 120 Å². The van der Waals surface area contributed by atoms with Crippen LogP contribution in [-0.2, 0) is 32.6 Å². The van der Waals surface area contributed by atoms with Crippen molar-refractivity contribution in [2.75, 3.05) is 31.6 Å². The lowest BCUT2D eigenvalue weighted by Gasteiger charge is -2.34. The molecule has 4 aromatic carbocycles. The number of amides is 2. The zero-order valence-electron chi connectivity index (χ0n) is 26.6.